The molecule has 1 aliphatic heterocycles. The van der Waals surface area contributed by atoms with Crippen LogP contribution in [0.15, 0.2) is 60.9 Å². The number of benzene rings is 2. The van der Waals surface area contributed by atoms with Gasteiger partial charge in [-0.2, -0.15) is 0 Å². The Morgan fingerprint density at radius 2 is 1.70 bits per heavy atom. The summed E-state index contributed by atoms with van der Waals surface area (Å²) in [5, 5.41) is 0. The van der Waals surface area contributed by atoms with Gasteiger partial charge in [0.05, 0.1) is 20.5 Å². The first-order valence-corrected chi connectivity index (χ1v) is 7.37. The van der Waals surface area contributed by atoms with Crippen LogP contribution in [-0.2, 0) is 19.0 Å². The summed E-state index contributed by atoms with van der Waals surface area (Å²) in [5.74, 6) is -0.434. The Morgan fingerprint density at radius 3 is 2.39 bits per heavy atom. The van der Waals surface area contributed by atoms with E-state index in [1.807, 2.05) is 54.6 Å². The summed E-state index contributed by atoms with van der Waals surface area (Å²) in [7, 11) is 2.86. The third-order valence-corrected chi connectivity index (χ3v) is 3.82. The highest BCUT2D eigenvalue weighted by Crippen LogP contribution is 2.52. The minimum atomic E-state index is -0.434. The van der Waals surface area contributed by atoms with Crippen molar-refractivity contribution in [3.8, 4) is 0 Å². The summed E-state index contributed by atoms with van der Waals surface area (Å²) in [4.78, 5) is 12.0. The lowest BCUT2D eigenvalue weighted by molar-refractivity contribution is -0.133. The quantitative estimate of drug-likeness (QED) is 0.366. The number of ether oxygens (including phenoxy) is 3. The molecule has 1 saturated heterocycles. The van der Waals surface area contributed by atoms with Crippen LogP contribution in [0.2, 0.25) is 0 Å². The molecule has 1 fully saturated rings. The Hall–Kier alpha value is -2.59. The minimum Gasteiger partial charge on any atom is -0.503 e. The first-order valence-electron chi connectivity index (χ1n) is 7.37. The summed E-state index contributed by atoms with van der Waals surface area (Å²) in [6, 6.07) is 17.7. The number of esters is 1. The van der Waals surface area contributed by atoms with Crippen molar-refractivity contribution >= 4 is 11.5 Å². The first kappa shape index (κ1) is 15.3. The maximum absolute atomic E-state index is 12.0. The predicted molar refractivity (Wildman–Crippen MR) is 86.5 cm³/mol. The Balaban J connectivity index is 1.93. The van der Waals surface area contributed by atoms with Crippen molar-refractivity contribution in [1.29, 1.82) is 0 Å². The van der Waals surface area contributed by atoms with Gasteiger partial charge in [-0.05, 0) is 16.7 Å². The van der Waals surface area contributed by atoms with Crippen molar-refractivity contribution in [2.45, 2.75) is 12.2 Å². The van der Waals surface area contributed by atoms with Crippen LogP contribution in [0.5, 0.6) is 0 Å². The zero-order valence-corrected chi connectivity index (χ0v) is 13.1. The average Bonchev–Trinajstić information content (AvgIpc) is 3.40. The highest BCUT2D eigenvalue weighted by Gasteiger charge is 2.43. The molecule has 23 heavy (non-hydrogen) atoms. The average molecular weight is 310 g/mol. The second-order valence-electron chi connectivity index (χ2n) is 5.23. The summed E-state index contributed by atoms with van der Waals surface area (Å²) in [5.41, 5.74) is 3.23. The van der Waals surface area contributed by atoms with Gasteiger partial charge in [-0.15, -0.1) is 0 Å². The highest BCUT2D eigenvalue weighted by atomic mass is 16.6. The summed E-state index contributed by atoms with van der Waals surface area (Å²) in [6.45, 7) is 0. The molecule has 0 spiro atoms. The van der Waals surface area contributed by atoms with E-state index in [-0.39, 0.29) is 12.2 Å². The van der Waals surface area contributed by atoms with Gasteiger partial charge in [-0.1, -0.05) is 54.6 Å². The molecule has 3 rings (SSSR count). The van der Waals surface area contributed by atoms with E-state index in [0.717, 1.165) is 16.7 Å². The normalized spacial score (nSPS) is 20.0. The van der Waals surface area contributed by atoms with Gasteiger partial charge in [0.25, 0.3) is 0 Å². The van der Waals surface area contributed by atoms with E-state index in [1.165, 1.54) is 20.5 Å². The highest BCUT2D eigenvalue weighted by molar-refractivity contribution is 6.16. The molecule has 0 N–H and O–H groups in total. The molecule has 0 aromatic heterocycles. The molecular formula is C19H18O4. The van der Waals surface area contributed by atoms with Gasteiger partial charge in [0.1, 0.15) is 17.8 Å². The van der Waals surface area contributed by atoms with E-state index in [1.54, 1.807) is 0 Å². The summed E-state index contributed by atoms with van der Waals surface area (Å²) >= 11 is 0. The zero-order chi connectivity index (χ0) is 16.2. The lowest BCUT2D eigenvalue weighted by atomic mass is 9.95. The molecule has 0 bridgehead atoms. The van der Waals surface area contributed by atoms with E-state index in [9.17, 15) is 4.79 Å². The van der Waals surface area contributed by atoms with Crippen molar-refractivity contribution in [3.05, 3.63) is 77.5 Å². The van der Waals surface area contributed by atoms with E-state index in [4.69, 9.17) is 14.2 Å². The lowest BCUT2D eigenvalue weighted by Crippen LogP contribution is -2.06. The fraction of sp³-hybridized carbons (Fsp3) is 0.211. The Labute approximate surface area is 135 Å². The van der Waals surface area contributed by atoms with Crippen LogP contribution in [0.3, 0.4) is 0 Å². The monoisotopic (exact) mass is 310 g/mol. The standard InChI is InChI=1S/C19H18O4/c1-21-12-16(19(20)22-2)14-10-6-7-11-15(14)18-17(23-18)13-8-4-3-5-9-13/h3-12,17-18H,1-2H3/b16-12-. The predicted octanol–water partition coefficient (Wildman–Crippen LogP) is 3.66. The molecule has 2 atom stereocenters. The minimum absolute atomic E-state index is 0.0128. The molecule has 118 valence electrons. The number of methoxy groups -OCH3 is 2. The lowest BCUT2D eigenvalue weighted by Gasteiger charge is -2.10. The second-order valence-corrected chi connectivity index (χ2v) is 5.23. The van der Waals surface area contributed by atoms with Gasteiger partial charge in [0.15, 0.2) is 0 Å². The fourth-order valence-corrected chi connectivity index (χ4v) is 2.68. The van der Waals surface area contributed by atoms with Gasteiger partial charge in [-0.3, -0.25) is 0 Å². The molecule has 0 saturated carbocycles. The topological polar surface area (TPSA) is 48.1 Å². The molecule has 2 aromatic carbocycles. The third kappa shape index (κ3) is 3.12. The number of hydrogen-bond acceptors (Lipinski definition) is 4. The van der Waals surface area contributed by atoms with Gasteiger partial charge in [-0.25, -0.2) is 4.79 Å². The summed E-state index contributed by atoms with van der Waals surface area (Å²) in [6.07, 6.45) is 1.35. The molecule has 0 amide bonds. The number of hydrogen-bond donors (Lipinski definition) is 0. The van der Waals surface area contributed by atoms with E-state index < -0.39 is 5.97 Å². The van der Waals surface area contributed by atoms with Crippen molar-refractivity contribution in [2.24, 2.45) is 0 Å². The van der Waals surface area contributed by atoms with E-state index in [2.05, 4.69) is 0 Å². The maximum Gasteiger partial charge on any atom is 0.341 e. The number of epoxide rings is 1. The van der Waals surface area contributed by atoms with Crippen LogP contribution in [0, 0.1) is 0 Å². The van der Waals surface area contributed by atoms with Crippen molar-refractivity contribution in [1.82, 2.24) is 0 Å². The van der Waals surface area contributed by atoms with Crippen LogP contribution in [0.25, 0.3) is 5.57 Å². The molecule has 4 heteroatoms. The molecule has 2 unspecified atom stereocenters. The SMILES string of the molecule is CO/C=C(\C(=O)OC)c1ccccc1C1OC1c1ccccc1. The molecule has 0 aliphatic carbocycles. The number of carbonyl (C=O) groups excluding carboxylic acids is 1. The van der Waals surface area contributed by atoms with Crippen molar-refractivity contribution in [3.63, 3.8) is 0 Å². The fourth-order valence-electron chi connectivity index (χ4n) is 2.68. The van der Waals surface area contributed by atoms with Crippen LogP contribution in [0.4, 0.5) is 0 Å². The van der Waals surface area contributed by atoms with Gasteiger partial charge in [0.2, 0.25) is 0 Å². The number of carbonyl (C=O) groups is 1. The van der Waals surface area contributed by atoms with Gasteiger partial charge in [0, 0.05) is 0 Å². The van der Waals surface area contributed by atoms with Crippen LogP contribution < -0.4 is 0 Å². The Morgan fingerprint density at radius 1 is 1.00 bits per heavy atom. The molecule has 0 radical (unpaired) electrons. The maximum atomic E-state index is 12.0. The van der Waals surface area contributed by atoms with Gasteiger partial charge >= 0.3 is 5.97 Å². The molecule has 1 heterocycles. The number of rotatable bonds is 5. The molecular weight excluding hydrogens is 292 g/mol. The van der Waals surface area contributed by atoms with Crippen LogP contribution >= 0.6 is 0 Å². The Kier molecular flexibility index (Phi) is 4.44. The third-order valence-electron chi connectivity index (χ3n) is 3.82. The zero-order valence-electron chi connectivity index (χ0n) is 13.1. The first-order chi connectivity index (χ1) is 11.3. The van der Waals surface area contributed by atoms with Crippen LogP contribution in [0.1, 0.15) is 28.9 Å². The second kappa shape index (κ2) is 6.67. The van der Waals surface area contributed by atoms with Crippen LogP contribution in [-0.4, -0.2) is 20.2 Å². The van der Waals surface area contributed by atoms with E-state index >= 15 is 0 Å². The molecule has 2 aromatic rings. The van der Waals surface area contributed by atoms with Crippen molar-refractivity contribution < 1.29 is 19.0 Å². The smallest absolute Gasteiger partial charge is 0.341 e. The van der Waals surface area contributed by atoms with Crippen molar-refractivity contribution in [2.75, 3.05) is 14.2 Å². The summed E-state index contributed by atoms with van der Waals surface area (Å²) < 4.78 is 15.8. The van der Waals surface area contributed by atoms with Gasteiger partial charge < -0.3 is 14.2 Å². The largest absolute Gasteiger partial charge is 0.503 e. The Bertz CT molecular complexity index is 721. The van der Waals surface area contributed by atoms with E-state index in [0.29, 0.717) is 5.57 Å². The molecule has 4 nitrogen and oxygen atoms in total. The molecule has 1 aliphatic rings.